The molecule has 0 spiro atoms. The zero-order valence-electron chi connectivity index (χ0n) is 40.4. The number of carbonyl (C=O) groups excluding carboxylic acids is 1. The van der Waals surface area contributed by atoms with E-state index in [2.05, 4.69) is 15.3 Å². The second-order valence-electron chi connectivity index (χ2n) is 18.1. The van der Waals surface area contributed by atoms with Crippen molar-refractivity contribution in [3.63, 3.8) is 0 Å². The molecule has 0 bridgehead atoms. The number of nitrogens with two attached hydrogens (primary N) is 1. The van der Waals surface area contributed by atoms with Crippen molar-refractivity contribution < 1.29 is 46.2 Å². The number of rotatable bonds is 9. The molecule has 8 N–H and O–H groups in total. The second-order valence-corrected chi connectivity index (χ2v) is 18.1. The van der Waals surface area contributed by atoms with Gasteiger partial charge in [-0.05, 0) is 130 Å². The number of amides is 1. The van der Waals surface area contributed by atoms with Gasteiger partial charge in [-0.2, -0.15) is 0 Å². The largest absolute Gasteiger partial charge is 0.477 e. The lowest BCUT2D eigenvalue weighted by Crippen LogP contribution is -2.41. The molecule has 366 valence electrons. The van der Waals surface area contributed by atoms with Crippen LogP contribution in [0.4, 0.5) is 0 Å². The number of hydrogen-bond donors (Lipinski definition) is 7. The number of carboxylic acids is 1. The lowest BCUT2D eigenvalue weighted by Gasteiger charge is -2.14. The molecule has 6 heterocycles. The number of halogens is 1. The first-order valence-electron chi connectivity index (χ1n) is 23.2. The number of nitrogens with zero attached hydrogens (tertiary/aromatic N) is 6. The van der Waals surface area contributed by atoms with Gasteiger partial charge in [-0.1, -0.05) is 46.9 Å². The van der Waals surface area contributed by atoms with Gasteiger partial charge in [0.05, 0.1) is 21.9 Å². The van der Waals surface area contributed by atoms with E-state index in [0.29, 0.717) is 56.0 Å². The highest BCUT2D eigenvalue weighted by Gasteiger charge is 2.30. The van der Waals surface area contributed by atoms with Crippen molar-refractivity contribution in [2.24, 2.45) is 5.73 Å². The van der Waals surface area contributed by atoms with Crippen LogP contribution in [0.3, 0.4) is 0 Å². The maximum Gasteiger partial charge on any atom is 0.341 e. The zero-order chi connectivity index (χ0) is 52.1. The molecule has 17 nitrogen and oxygen atoms in total. The molecular formula is C53H55IN8O9+2. The minimum Gasteiger partial charge on any atom is -0.477 e. The van der Waals surface area contributed by atoms with Crippen LogP contribution in [0.1, 0.15) is 86.9 Å². The number of alkyl halides is 1. The molecule has 8 aromatic rings. The molecule has 1 amide bonds. The van der Waals surface area contributed by atoms with Crippen LogP contribution < -0.4 is 31.4 Å². The summed E-state index contributed by atoms with van der Waals surface area (Å²) < 4.78 is 11.3. The number of carboxylic acid groups (broad SMARTS) is 1. The van der Waals surface area contributed by atoms with Crippen LogP contribution >= 0.6 is 22.6 Å². The monoisotopic (exact) mass is 1080 g/mol. The van der Waals surface area contributed by atoms with E-state index in [4.69, 9.17) is 7.10 Å². The number of nitrogens with one attached hydrogen (secondary N) is 1. The highest BCUT2D eigenvalue weighted by atomic mass is 127. The molecule has 2 aliphatic rings. The number of aromatic nitrogens is 6. The third-order valence-electron chi connectivity index (χ3n) is 11.6. The van der Waals surface area contributed by atoms with Crippen molar-refractivity contribution >= 4 is 56.5 Å². The summed E-state index contributed by atoms with van der Waals surface area (Å²) in [4.78, 5) is 59.1. The highest BCUT2D eigenvalue weighted by Crippen LogP contribution is 2.27. The van der Waals surface area contributed by atoms with Crippen molar-refractivity contribution in [3.8, 4) is 33.6 Å². The Hall–Kier alpha value is -7.39. The van der Waals surface area contributed by atoms with Crippen molar-refractivity contribution in [1.82, 2.24) is 24.4 Å². The Balaban J connectivity index is 0.000000187. The van der Waals surface area contributed by atoms with Crippen LogP contribution in [0, 0.1) is 0 Å². The van der Waals surface area contributed by atoms with Crippen LogP contribution in [-0.4, -0.2) is 73.7 Å². The van der Waals surface area contributed by atoms with Crippen molar-refractivity contribution in [2.75, 3.05) is 4.91 Å². The Morgan fingerprint density at radius 3 is 1.49 bits per heavy atom. The average molecular weight is 1080 g/mol. The molecule has 2 aromatic carbocycles. The number of hydrogen-bond acceptors (Lipinski definition) is 11. The Morgan fingerprint density at radius 1 is 0.690 bits per heavy atom. The first kappa shape index (κ1) is 50.0. The van der Waals surface area contributed by atoms with Gasteiger partial charge in [0.1, 0.15) is 33.6 Å². The second kappa shape index (κ2) is 21.3. The summed E-state index contributed by atoms with van der Waals surface area (Å²) in [5, 5.41) is 54.0. The Morgan fingerprint density at radius 2 is 1.11 bits per heavy atom. The fraction of sp³-hybridized carbons (Fsp3) is 0.245. The number of aromatic carboxylic acids is 1. The van der Waals surface area contributed by atoms with E-state index in [1.165, 1.54) is 43.8 Å². The van der Waals surface area contributed by atoms with Crippen LogP contribution in [0.15, 0.2) is 144 Å². The van der Waals surface area contributed by atoms with Gasteiger partial charge in [-0.3, -0.25) is 24.8 Å². The SMILES string of the molecule is CC(C)(O)c1ccc(-c2cccc(-n3cc(C(=O)NC4CC4)c(=O)c4cccnc43)c2)c[n+]1O.CC(C)(O)c1ccc(-c2cccc(-n3cc(C(=O)O)c(=O)c4cccnc43)c2)c[n+]1O.NC1CC1.[2H]CI. The standard InChI is InChI=1S/C26H24N4O4.C23H19N3O5.C3H7N.CH3I/c1-26(2,33)22-11-8-17(14-30(22)34)16-5-3-6-19(13-16)29-15-21(25(32)28-18-9-10-18)23(31)20-7-4-12-27-24(20)29;1-23(2,30)19-9-8-15(12-26(19)31)14-5-3-6-16(11-14)25-13-18(22(28)29)20(27)17-7-4-10-24-21(17)25;4-3-1-2-3;1-2/h3-8,11-15,18,33H,9-10H2,1-2H3,(H-,28,32,34);3-13,30H,1-2H3,(H-,28,29,31);3H,1-2,4H2;1H3/p+2/i;;;1D. The minimum absolute atomic E-state index is 0.0699. The molecule has 6 aromatic heterocycles. The van der Waals surface area contributed by atoms with E-state index < -0.39 is 22.6 Å². The van der Waals surface area contributed by atoms with Crippen LogP contribution in [0.25, 0.3) is 55.7 Å². The van der Waals surface area contributed by atoms with Gasteiger partial charge in [0.15, 0.2) is 0 Å². The Bertz CT molecular complexity index is 3440. The average Bonchev–Trinajstić information content (AvgIpc) is 4.31. The van der Waals surface area contributed by atoms with Crippen LogP contribution in [0.5, 0.6) is 0 Å². The molecule has 0 saturated heterocycles. The van der Waals surface area contributed by atoms with Gasteiger partial charge in [-0.25, -0.2) is 14.8 Å². The summed E-state index contributed by atoms with van der Waals surface area (Å²) in [6.07, 6.45) is 13.3. The predicted molar refractivity (Wildman–Crippen MR) is 275 cm³/mol. The molecule has 0 radical (unpaired) electrons. The number of aliphatic hydroxyl groups is 2. The summed E-state index contributed by atoms with van der Waals surface area (Å²) in [5.41, 5.74) is 7.29. The van der Waals surface area contributed by atoms with Gasteiger partial charge >= 0.3 is 5.97 Å². The van der Waals surface area contributed by atoms with E-state index in [0.717, 1.165) is 39.0 Å². The van der Waals surface area contributed by atoms with Gasteiger partial charge in [-0.15, -0.1) is 0 Å². The van der Waals surface area contributed by atoms with Crippen molar-refractivity contribution in [3.05, 3.63) is 177 Å². The summed E-state index contributed by atoms with van der Waals surface area (Å²) in [6, 6.07) is 28.7. The summed E-state index contributed by atoms with van der Waals surface area (Å²) in [5.74, 6) is -1.70. The topological polar surface area (TPSA) is 251 Å². The fourth-order valence-electron chi connectivity index (χ4n) is 7.57. The quantitative estimate of drug-likeness (QED) is 0.0361. The van der Waals surface area contributed by atoms with E-state index in [9.17, 15) is 44.9 Å². The smallest absolute Gasteiger partial charge is 0.341 e. The number of carbonyl (C=O) groups is 2. The number of pyridine rings is 6. The molecular weight excluding hydrogens is 1020 g/mol. The minimum atomic E-state index is -1.32. The van der Waals surface area contributed by atoms with Gasteiger partial charge in [0, 0.05) is 71.2 Å². The zero-order valence-corrected chi connectivity index (χ0v) is 41.6. The van der Waals surface area contributed by atoms with Gasteiger partial charge in [0.25, 0.3) is 17.3 Å². The predicted octanol–water partition coefficient (Wildman–Crippen LogP) is 6.36. The summed E-state index contributed by atoms with van der Waals surface area (Å²) in [6.45, 7) is 6.34. The third-order valence-corrected chi connectivity index (χ3v) is 11.6. The fourth-order valence-corrected chi connectivity index (χ4v) is 7.57. The van der Waals surface area contributed by atoms with E-state index in [1.807, 2.05) is 59.0 Å². The third kappa shape index (κ3) is 12.0. The van der Waals surface area contributed by atoms with Crippen LogP contribution in [0.2, 0.25) is 0 Å². The number of fused-ring (bicyclic) bond motifs is 2. The molecule has 71 heavy (non-hydrogen) atoms. The number of benzene rings is 2. The molecule has 18 heteroatoms. The molecule has 2 saturated carbocycles. The maximum atomic E-state index is 13.0. The molecule has 0 atom stereocenters. The lowest BCUT2D eigenvalue weighted by molar-refractivity contribution is -0.912. The summed E-state index contributed by atoms with van der Waals surface area (Å²) >= 11 is 1.96. The first-order chi connectivity index (χ1) is 34.2. The van der Waals surface area contributed by atoms with Crippen molar-refractivity contribution in [1.29, 1.82) is 0 Å². The van der Waals surface area contributed by atoms with Crippen LogP contribution in [-0.2, 0) is 11.2 Å². The normalized spacial score (nSPS) is 13.4. The van der Waals surface area contributed by atoms with Gasteiger partial charge in [0.2, 0.25) is 23.3 Å². The Kier molecular flexibility index (Phi) is 15.0. The highest BCUT2D eigenvalue weighted by molar-refractivity contribution is 14.1. The Labute approximate surface area is 423 Å². The molecule has 2 fully saturated rings. The van der Waals surface area contributed by atoms with E-state index in [1.54, 1.807) is 104 Å². The molecule has 10 rings (SSSR count). The van der Waals surface area contributed by atoms with E-state index in [-0.39, 0.29) is 33.9 Å². The first-order valence-corrected chi connectivity index (χ1v) is 24.1. The van der Waals surface area contributed by atoms with Gasteiger partial charge < -0.3 is 35.5 Å². The lowest BCUT2D eigenvalue weighted by atomic mass is 10.0. The molecule has 0 unspecified atom stereocenters. The molecule has 0 aliphatic heterocycles. The maximum absolute atomic E-state index is 13.0. The van der Waals surface area contributed by atoms with E-state index >= 15 is 0 Å². The summed E-state index contributed by atoms with van der Waals surface area (Å²) in [7, 11) is 0. The molecule has 2 aliphatic carbocycles. The van der Waals surface area contributed by atoms with Crippen molar-refractivity contribution in [2.45, 2.75) is 76.7 Å².